The van der Waals surface area contributed by atoms with Crippen LogP contribution in [-0.4, -0.2) is 29.3 Å². The minimum Gasteiger partial charge on any atom is -0.494 e. The van der Waals surface area contributed by atoms with Gasteiger partial charge >= 0.3 is 0 Å². The van der Waals surface area contributed by atoms with Gasteiger partial charge in [0.15, 0.2) is 0 Å². The predicted molar refractivity (Wildman–Crippen MR) is 134 cm³/mol. The highest BCUT2D eigenvalue weighted by atomic mass is 32.1. The van der Waals surface area contributed by atoms with Crippen molar-refractivity contribution in [2.45, 2.75) is 58.8 Å². The van der Waals surface area contributed by atoms with Gasteiger partial charge in [-0.15, -0.1) is 10.2 Å². The molecule has 0 spiro atoms. The number of anilines is 1. The second-order valence-electron chi connectivity index (χ2n) is 7.88. The van der Waals surface area contributed by atoms with Crippen LogP contribution in [-0.2, 0) is 0 Å². The molecule has 0 aliphatic carbocycles. The molecule has 0 aliphatic rings. The van der Waals surface area contributed by atoms with Crippen LogP contribution in [0.25, 0.3) is 10.6 Å². The average Bonchev–Trinajstić information content (AvgIpc) is 3.31. The van der Waals surface area contributed by atoms with Crippen LogP contribution >= 0.6 is 11.3 Å². The fraction of sp³-hybridized carbons (Fsp3) is 0.423. The molecule has 0 bridgehead atoms. The van der Waals surface area contributed by atoms with Crippen molar-refractivity contribution in [3.05, 3.63) is 54.1 Å². The number of carbonyl (C=O) groups is 1. The molecule has 1 aromatic heterocycles. The Balaban J connectivity index is 1.48. The third-order valence-electron chi connectivity index (χ3n) is 5.15. The first kappa shape index (κ1) is 24.7. The molecule has 2 aromatic carbocycles. The van der Waals surface area contributed by atoms with Crippen LogP contribution in [0.3, 0.4) is 0 Å². The monoisotopic (exact) mass is 467 g/mol. The fourth-order valence-corrected chi connectivity index (χ4v) is 3.93. The van der Waals surface area contributed by atoms with Gasteiger partial charge in [0.1, 0.15) is 16.5 Å². The zero-order chi connectivity index (χ0) is 23.3. The number of nitrogens with zero attached hydrogens (tertiary/aromatic N) is 2. The maximum Gasteiger partial charge on any atom is 0.257 e. The Kier molecular flexibility index (Phi) is 10.2. The van der Waals surface area contributed by atoms with Crippen molar-refractivity contribution in [1.29, 1.82) is 0 Å². The molecule has 0 atom stereocenters. The molecule has 7 heteroatoms. The van der Waals surface area contributed by atoms with E-state index in [-0.39, 0.29) is 5.91 Å². The standard InChI is InChI=1S/C26H33N3O3S/c1-3-5-7-8-9-19-32-23-16-12-21(13-17-23)25-28-29-26(33-25)27-24(30)20-10-14-22(15-11-20)31-18-6-4-2/h10-17H,3-9,18-19H2,1-2H3,(H,27,29,30). The molecular formula is C26H33N3O3S. The molecule has 1 N–H and O–H groups in total. The number of hydrogen-bond acceptors (Lipinski definition) is 6. The topological polar surface area (TPSA) is 73.3 Å². The average molecular weight is 468 g/mol. The van der Waals surface area contributed by atoms with E-state index in [0.717, 1.165) is 47.9 Å². The van der Waals surface area contributed by atoms with Crippen molar-refractivity contribution in [1.82, 2.24) is 10.2 Å². The summed E-state index contributed by atoms with van der Waals surface area (Å²) in [5.41, 5.74) is 1.49. The lowest BCUT2D eigenvalue weighted by Gasteiger charge is -2.06. The van der Waals surface area contributed by atoms with E-state index < -0.39 is 0 Å². The van der Waals surface area contributed by atoms with Gasteiger partial charge in [0.25, 0.3) is 5.91 Å². The SMILES string of the molecule is CCCCCCCOc1ccc(-c2nnc(NC(=O)c3ccc(OCCCC)cc3)s2)cc1. The van der Waals surface area contributed by atoms with Crippen molar-refractivity contribution >= 4 is 22.4 Å². The molecular weight excluding hydrogens is 434 g/mol. The number of rotatable bonds is 14. The Morgan fingerprint density at radius 3 is 2.06 bits per heavy atom. The molecule has 1 heterocycles. The first-order valence-electron chi connectivity index (χ1n) is 11.8. The molecule has 0 unspecified atom stereocenters. The minimum atomic E-state index is -0.222. The van der Waals surface area contributed by atoms with Gasteiger partial charge in [0.05, 0.1) is 13.2 Å². The van der Waals surface area contributed by atoms with Gasteiger partial charge < -0.3 is 9.47 Å². The Hall–Kier alpha value is -2.93. The van der Waals surface area contributed by atoms with Crippen LogP contribution in [0.2, 0.25) is 0 Å². The number of hydrogen-bond donors (Lipinski definition) is 1. The van der Waals surface area contributed by atoms with Crippen LogP contribution in [0.15, 0.2) is 48.5 Å². The molecule has 1 amide bonds. The van der Waals surface area contributed by atoms with E-state index in [2.05, 4.69) is 29.4 Å². The van der Waals surface area contributed by atoms with E-state index in [4.69, 9.17) is 9.47 Å². The second kappa shape index (κ2) is 13.6. The van der Waals surface area contributed by atoms with Crippen LogP contribution in [0, 0.1) is 0 Å². The van der Waals surface area contributed by atoms with Crippen molar-refractivity contribution in [2.24, 2.45) is 0 Å². The minimum absolute atomic E-state index is 0.222. The summed E-state index contributed by atoms with van der Waals surface area (Å²) in [6.07, 6.45) is 8.20. The Labute approximate surface area is 200 Å². The van der Waals surface area contributed by atoms with Crippen LogP contribution in [0.1, 0.15) is 69.2 Å². The first-order chi connectivity index (χ1) is 16.2. The number of aromatic nitrogens is 2. The van der Waals surface area contributed by atoms with Crippen molar-refractivity contribution in [2.75, 3.05) is 18.5 Å². The summed E-state index contributed by atoms with van der Waals surface area (Å²) in [6.45, 7) is 5.76. The summed E-state index contributed by atoms with van der Waals surface area (Å²) < 4.78 is 11.5. The van der Waals surface area contributed by atoms with Gasteiger partial charge in [-0.3, -0.25) is 10.1 Å². The van der Waals surface area contributed by atoms with E-state index in [1.54, 1.807) is 12.1 Å². The summed E-state index contributed by atoms with van der Waals surface area (Å²) in [5.74, 6) is 1.40. The lowest BCUT2D eigenvalue weighted by Crippen LogP contribution is -2.11. The quantitative estimate of drug-likeness (QED) is 0.259. The molecule has 3 rings (SSSR count). The van der Waals surface area contributed by atoms with Gasteiger partial charge in [0.2, 0.25) is 5.13 Å². The van der Waals surface area contributed by atoms with Crippen molar-refractivity contribution in [3.8, 4) is 22.1 Å². The highest BCUT2D eigenvalue weighted by Crippen LogP contribution is 2.28. The van der Waals surface area contributed by atoms with E-state index in [9.17, 15) is 4.79 Å². The second-order valence-corrected chi connectivity index (χ2v) is 8.86. The molecule has 3 aromatic rings. The van der Waals surface area contributed by atoms with Gasteiger partial charge in [-0.1, -0.05) is 57.3 Å². The lowest BCUT2D eigenvalue weighted by molar-refractivity contribution is 0.102. The Morgan fingerprint density at radius 1 is 0.788 bits per heavy atom. The van der Waals surface area contributed by atoms with E-state index in [1.807, 2.05) is 36.4 Å². The zero-order valence-corrected chi connectivity index (χ0v) is 20.3. The van der Waals surface area contributed by atoms with E-state index in [1.165, 1.54) is 37.0 Å². The van der Waals surface area contributed by atoms with Crippen molar-refractivity contribution in [3.63, 3.8) is 0 Å². The maximum atomic E-state index is 12.5. The zero-order valence-electron chi connectivity index (χ0n) is 19.5. The van der Waals surface area contributed by atoms with E-state index in [0.29, 0.717) is 17.3 Å². The molecule has 0 saturated carbocycles. The van der Waals surface area contributed by atoms with Crippen LogP contribution < -0.4 is 14.8 Å². The van der Waals surface area contributed by atoms with Crippen LogP contribution in [0.5, 0.6) is 11.5 Å². The third kappa shape index (κ3) is 8.17. The smallest absolute Gasteiger partial charge is 0.257 e. The molecule has 0 fully saturated rings. The Morgan fingerprint density at radius 2 is 1.39 bits per heavy atom. The Bertz CT molecular complexity index is 971. The molecule has 0 radical (unpaired) electrons. The highest BCUT2D eigenvalue weighted by molar-refractivity contribution is 7.18. The van der Waals surface area contributed by atoms with Gasteiger partial charge in [-0.2, -0.15) is 0 Å². The largest absolute Gasteiger partial charge is 0.494 e. The lowest BCUT2D eigenvalue weighted by atomic mass is 10.2. The number of unbranched alkanes of at least 4 members (excludes halogenated alkanes) is 5. The molecule has 33 heavy (non-hydrogen) atoms. The molecule has 0 saturated heterocycles. The molecule has 6 nitrogen and oxygen atoms in total. The predicted octanol–water partition coefficient (Wildman–Crippen LogP) is 6.99. The number of carbonyl (C=O) groups excluding carboxylic acids is 1. The number of amides is 1. The highest BCUT2D eigenvalue weighted by Gasteiger charge is 2.12. The number of benzene rings is 2. The number of ether oxygens (including phenoxy) is 2. The summed E-state index contributed by atoms with van der Waals surface area (Å²) in [4.78, 5) is 12.5. The van der Waals surface area contributed by atoms with E-state index >= 15 is 0 Å². The summed E-state index contributed by atoms with van der Waals surface area (Å²) in [5, 5.41) is 12.4. The van der Waals surface area contributed by atoms with Gasteiger partial charge in [-0.05, 0) is 61.4 Å². The normalized spacial score (nSPS) is 10.7. The molecule has 0 aliphatic heterocycles. The fourth-order valence-electron chi connectivity index (χ4n) is 3.19. The van der Waals surface area contributed by atoms with Gasteiger partial charge in [0, 0.05) is 11.1 Å². The van der Waals surface area contributed by atoms with Gasteiger partial charge in [-0.25, -0.2) is 0 Å². The third-order valence-corrected chi connectivity index (χ3v) is 6.03. The van der Waals surface area contributed by atoms with Crippen LogP contribution in [0.4, 0.5) is 5.13 Å². The van der Waals surface area contributed by atoms with Crippen molar-refractivity contribution < 1.29 is 14.3 Å². The summed E-state index contributed by atoms with van der Waals surface area (Å²) in [7, 11) is 0. The number of nitrogens with one attached hydrogen (secondary N) is 1. The summed E-state index contributed by atoms with van der Waals surface area (Å²) >= 11 is 1.34. The molecule has 176 valence electrons. The summed E-state index contributed by atoms with van der Waals surface area (Å²) in [6, 6.07) is 15.0. The maximum absolute atomic E-state index is 12.5. The first-order valence-corrected chi connectivity index (χ1v) is 12.6.